The lowest BCUT2D eigenvalue weighted by Gasteiger charge is -2.36. The summed E-state index contributed by atoms with van der Waals surface area (Å²) in [6.07, 6.45) is 4.59. The summed E-state index contributed by atoms with van der Waals surface area (Å²) in [5, 5.41) is 0.649. The average molecular weight is 356 g/mol. The van der Waals surface area contributed by atoms with E-state index < -0.39 is 0 Å². The fraction of sp³-hybridized carbons (Fsp3) is 0.400. The molecule has 25 heavy (non-hydrogen) atoms. The predicted molar refractivity (Wildman–Crippen MR) is 101 cm³/mol. The molecular weight excluding hydrogens is 334 g/mol. The van der Waals surface area contributed by atoms with Gasteiger partial charge in [-0.2, -0.15) is 0 Å². The van der Waals surface area contributed by atoms with Crippen molar-refractivity contribution in [2.45, 2.75) is 32.2 Å². The molecule has 4 rings (SSSR count). The van der Waals surface area contributed by atoms with Crippen molar-refractivity contribution in [3.63, 3.8) is 0 Å². The Labute approximate surface area is 153 Å². The number of hydrogen-bond acceptors (Lipinski definition) is 3. The van der Waals surface area contributed by atoms with Crippen molar-refractivity contribution in [3.05, 3.63) is 53.2 Å². The number of carbonyl (C=O) groups excluding carboxylic acids is 1. The van der Waals surface area contributed by atoms with Crippen LogP contribution in [0.4, 0.5) is 11.5 Å². The molecule has 130 valence electrons. The highest BCUT2D eigenvalue weighted by Crippen LogP contribution is 2.35. The van der Waals surface area contributed by atoms with Gasteiger partial charge in [0.2, 0.25) is 5.91 Å². The van der Waals surface area contributed by atoms with Crippen LogP contribution < -0.4 is 9.80 Å². The highest BCUT2D eigenvalue weighted by Gasteiger charge is 2.36. The number of rotatable bonds is 2. The molecule has 4 nitrogen and oxygen atoms in total. The number of halogens is 1. The molecule has 2 aliphatic rings. The van der Waals surface area contributed by atoms with Gasteiger partial charge in [0.25, 0.3) is 0 Å². The van der Waals surface area contributed by atoms with Gasteiger partial charge in [-0.1, -0.05) is 29.8 Å². The topological polar surface area (TPSA) is 36.4 Å². The average Bonchev–Trinajstić information content (AvgIpc) is 2.97. The van der Waals surface area contributed by atoms with Crippen LogP contribution in [0.25, 0.3) is 0 Å². The van der Waals surface area contributed by atoms with E-state index in [0.717, 1.165) is 37.3 Å². The zero-order valence-electron chi connectivity index (χ0n) is 14.4. The van der Waals surface area contributed by atoms with E-state index in [4.69, 9.17) is 11.6 Å². The van der Waals surface area contributed by atoms with E-state index in [9.17, 15) is 4.79 Å². The Bertz CT molecular complexity index is 794. The van der Waals surface area contributed by atoms with Gasteiger partial charge in [0.1, 0.15) is 5.82 Å². The molecule has 1 saturated heterocycles. The van der Waals surface area contributed by atoms with Gasteiger partial charge < -0.3 is 9.80 Å². The maximum absolute atomic E-state index is 13.3. The number of hydrogen-bond donors (Lipinski definition) is 0. The molecule has 5 heteroatoms. The van der Waals surface area contributed by atoms with Crippen molar-refractivity contribution in [2.75, 3.05) is 22.9 Å². The van der Waals surface area contributed by atoms with E-state index >= 15 is 0 Å². The molecule has 0 spiro atoms. The summed E-state index contributed by atoms with van der Waals surface area (Å²) in [6, 6.07) is 12.2. The van der Waals surface area contributed by atoms with E-state index in [2.05, 4.69) is 28.9 Å². The summed E-state index contributed by atoms with van der Waals surface area (Å²) in [4.78, 5) is 21.9. The van der Waals surface area contributed by atoms with Crippen LogP contribution in [-0.4, -0.2) is 30.0 Å². The van der Waals surface area contributed by atoms with Gasteiger partial charge in [-0.25, -0.2) is 4.98 Å². The highest BCUT2D eigenvalue weighted by molar-refractivity contribution is 6.32. The molecule has 0 radical (unpaired) electrons. The van der Waals surface area contributed by atoms with Gasteiger partial charge in [0, 0.05) is 31.0 Å². The summed E-state index contributed by atoms with van der Waals surface area (Å²) >= 11 is 6.30. The molecule has 2 aromatic rings. The van der Waals surface area contributed by atoms with Gasteiger partial charge in [0.05, 0.1) is 10.9 Å². The molecule has 0 saturated carbocycles. The minimum absolute atomic E-state index is 0.0135. The summed E-state index contributed by atoms with van der Waals surface area (Å²) in [5.41, 5.74) is 2.34. The number of anilines is 2. The first kappa shape index (κ1) is 16.4. The molecule has 2 aliphatic heterocycles. The molecule has 2 atom stereocenters. The van der Waals surface area contributed by atoms with Gasteiger partial charge >= 0.3 is 0 Å². The van der Waals surface area contributed by atoms with Crippen LogP contribution in [0.15, 0.2) is 42.6 Å². The Morgan fingerprint density at radius 1 is 1.24 bits per heavy atom. The Morgan fingerprint density at radius 2 is 2.08 bits per heavy atom. The quantitative estimate of drug-likeness (QED) is 0.819. The Hall–Kier alpha value is -2.07. The predicted octanol–water partition coefficient (Wildman–Crippen LogP) is 3.93. The monoisotopic (exact) mass is 355 g/mol. The molecule has 0 bridgehead atoms. The second-order valence-electron chi connectivity index (χ2n) is 6.98. The number of piperidine rings is 1. The lowest BCUT2D eigenvalue weighted by molar-refractivity contribution is -0.122. The van der Waals surface area contributed by atoms with Crippen molar-refractivity contribution in [1.29, 1.82) is 0 Å². The molecule has 0 N–H and O–H groups in total. The summed E-state index contributed by atoms with van der Waals surface area (Å²) in [7, 11) is 0. The number of amides is 1. The second kappa shape index (κ2) is 6.68. The number of aromatic nitrogens is 1. The molecule has 0 aliphatic carbocycles. The smallest absolute Gasteiger partial charge is 0.232 e. The Balaban J connectivity index is 1.56. The van der Waals surface area contributed by atoms with E-state index in [1.165, 1.54) is 5.56 Å². The van der Waals surface area contributed by atoms with Crippen molar-refractivity contribution in [1.82, 2.24) is 4.98 Å². The Kier molecular flexibility index (Phi) is 4.38. The molecule has 1 aromatic heterocycles. The zero-order valence-corrected chi connectivity index (χ0v) is 15.1. The van der Waals surface area contributed by atoms with Gasteiger partial charge in [-0.15, -0.1) is 0 Å². The molecular formula is C20H22ClN3O. The van der Waals surface area contributed by atoms with E-state index in [1.54, 1.807) is 6.20 Å². The van der Waals surface area contributed by atoms with Crippen LogP contribution in [0.1, 0.15) is 25.3 Å². The van der Waals surface area contributed by atoms with Crippen LogP contribution >= 0.6 is 11.6 Å². The normalized spacial score (nSPS) is 22.8. The minimum Gasteiger partial charge on any atom is -0.355 e. The van der Waals surface area contributed by atoms with Crippen molar-refractivity contribution < 1.29 is 4.79 Å². The van der Waals surface area contributed by atoms with Crippen molar-refractivity contribution in [2.24, 2.45) is 5.92 Å². The zero-order chi connectivity index (χ0) is 17.4. The molecule has 0 unspecified atom stereocenters. The van der Waals surface area contributed by atoms with Gasteiger partial charge in [0.15, 0.2) is 0 Å². The van der Waals surface area contributed by atoms with Gasteiger partial charge in [-0.05, 0) is 49.9 Å². The first-order valence-electron chi connectivity index (χ1n) is 8.91. The van der Waals surface area contributed by atoms with Crippen LogP contribution in [0.3, 0.4) is 0 Å². The van der Waals surface area contributed by atoms with E-state index in [0.29, 0.717) is 11.6 Å². The number of nitrogens with zero attached hydrogens (tertiary/aromatic N) is 3. The molecule has 3 heterocycles. The molecule has 1 fully saturated rings. The number of para-hydroxylation sites is 1. The minimum atomic E-state index is -0.0135. The molecule has 1 aromatic carbocycles. The van der Waals surface area contributed by atoms with Crippen LogP contribution in [-0.2, 0) is 11.2 Å². The van der Waals surface area contributed by atoms with Crippen molar-refractivity contribution >= 4 is 29.0 Å². The lowest BCUT2D eigenvalue weighted by atomic mass is 9.96. The van der Waals surface area contributed by atoms with E-state index in [-0.39, 0.29) is 17.9 Å². The third kappa shape index (κ3) is 2.99. The summed E-state index contributed by atoms with van der Waals surface area (Å²) < 4.78 is 0. The maximum Gasteiger partial charge on any atom is 0.232 e. The number of carbonyl (C=O) groups is 1. The van der Waals surface area contributed by atoms with Crippen LogP contribution in [0.2, 0.25) is 5.02 Å². The van der Waals surface area contributed by atoms with Crippen LogP contribution in [0.5, 0.6) is 0 Å². The standard InChI is InChI=1S/C20H22ClN3O/c1-14-12-15-6-2-3-9-18(15)24(14)20(25)16-7-5-11-23(13-16)19-17(21)8-4-10-22-19/h2-4,6,8-10,14,16H,5,7,11-13H2,1H3/t14-,16-/m1/s1. The fourth-order valence-corrected chi connectivity index (χ4v) is 4.32. The fourth-order valence-electron chi connectivity index (χ4n) is 4.08. The third-order valence-electron chi connectivity index (χ3n) is 5.25. The summed E-state index contributed by atoms with van der Waals surface area (Å²) in [5.74, 6) is 1.01. The SMILES string of the molecule is C[C@@H]1Cc2ccccc2N1C(=O)[C@@H]1CCCN(c2ncccc2Cl)C1. The number of fused-ring (bicyclic) bond motifs is 1. The van der Waals surface area contributed by atoms with Gasteiger partial charge in [-0.3, -0.25) is 4.79 Å². The molecule has 1 amide bonds. The number of benzene rings is 1. The Morgan fingerprint density at radius 3 is 2.92 bits per heavy atom. The first-order chi connectivity index (χ1) is 12.1. The third-order valence-corrected chi connectivity index (χ3v) is 5.55. The number of pyridine rings is 1. The van der Waals surface area contributed by atoms with E-state index in [1.807, 2.05) is 29.2 Å². The highest BCUT2D eigenvalue weighted by atomic mass is 35.5. The summed E-state index contributed by atoms with van der Waals surface area (Å²) in [6.45, 7) is 3.71. The second-order valence-corrected chi connectivity index (χ2v) is 7.39. The lowest BCUT2D eigenvalue weighted by Crippen LogP contribution is -2.47. The maximum atomic E-state index is 13.3. The largest absolute Gasteiger partial charge is 0.355 e. The first-order valence-corrected chi connectivity index (χ1v) is 9.29. The van der Waals surface area contributed by atoms with Crippen molar-refractivity contribution in [3.8, 4) is 0 Å². The van der Waals surface area contributed by atoms with Crippen LogP contribution in [0, 0.1) is 5.92 Å².